The van der Waals surface area contributed by atoms with Crippen LogP contribution in [0.4, 0.5) is 8.78 Å². The van der Waals surface area contributed by atoms with Crippen molar-refractivity contribution < 1.29 is 13.5 Å². The number of para-hydroxylation sites is 1. The molecule has 1 saturated carbocycles. The highest BCUT2D eigenvalue weighted by molar-refractivity contribution is 9.10. The normalized spacial score (nSPS) is 14.2. The summed E-state index contributed by atoms with van der Waals surface area (Å²) in [6, 6.07) is 9.38. The number of ether oxygens (including phenoxy) is 1. The van der Waals surface area contributed by atoms with Crippen molar-refractivity contribution in [2.75, 3.05) is 0 Å². The van der Waals surface area contributed by atoms with Gasteiger partial charge in [-0.1, -0.05) is 12.1 Å². The van der Waals surface area contributed by atoms with Crippen molar-refractivity contribution in [3.8, 4) is 11.5 Å². The van der Waals surface area contributed by atoms with E-state index in [9.17, 15) is 8.78 Å². The van der Waals surface area contributed by atoms with Crippen LogP contribution in [0.1, 0.15) is 18.4 Å². The van der Waals surface area contributed by atoms with Gasteiger partial charge in [-0.15, -0.1) is 0 Å². The van der Waals surface area contributed by atoms with Crippen LogP contribution < -0.4 is 10.1 Å². The molecule has 2 nitrogen and oxygen atoms in total. The Hall–Kier alpha value is -1.46. The predicted octanol–water partition coefficient (Wildman–Crippen LogP) is 4.77. The van der Waals surface area contributed by atoms with Crippen LogP contribution in [-0.4, -0.2) is 6.04 Å². The van der Waals surface area contributed by atoms with E-state index in [2.05, 4.69) is 21.2 Å². The molecule has 0 heterocycles. The lowest BCUT2D eigenvalue weighted by atomic mass is 10.2. The van der Waals surface area contributed by atoms with Crippen LogP contribution in [0.5, 0.6) is 11.5 Å². The molecule has 0 aliphatic heterocycles. The van der Waals surface area contributed by atoms with Crippen molar-refractivity contribution in [2.24, 2.45) is 0 Å². The average molecular weight is 354 g/mol. The van der Waals surface area contributed by atoms with Gasteiger partial charge in [-0.2, -0.15) is 0 Å². The predicted molar refractivity (Wildman–Crippen MR) is 80.4 cm³/mol. The highest BCUT2D eigenvalue weighted by Gasteiger charge is 2.21. The Morgan fingerprint density at radius 1 is 1.19 bits per heavy atom. The van der Waals surface area contributed by atoms with Crippen LogP contribution >= 0.6 is 15.9 Å². The van der Waals surface area contributed by atoms with E-state index < -0.39 is 11.6 Å². The minimum atomic E-state index is -0.457. The van der Waals surface area contributed by atoms with Crippen molar-refractivity contribution in [1.82, 2.24) is 5.32 Å². The molecule has 3 rings (SSSR count). The number of halogens is 3. The monoisotopic (exact) mass is 353 g/mol. The van der Waals surface area contributed by atoms with Crippen molar-refractivity contribution in [2.45, 2.75) is 25.4 Å². The zero-order valence-electron chi connectivity index (χ0n) is 11.2. The first-order valence-electron chi connectivity index (χ1n) is 6.77. The highest BCUT2D eigenvalue weighted by atomic mass is 79.9. The maximum Gasteiger partial charge on any atom is 0.167 e. The summed E-state index contributed by atoms with van der Waals surface area (Å²) in [5.74, 6) is -0.492. The fourth-order valence-corrected chi connectivity index (χ4v) is 2.34. The number of hydrogen-bond acceptors (Lipinski definition) is 2. The maximum atomic E-state index is 14.0. The van der Waals surface area contributed by atoms with Crippen LogP contribution in [0, 0.1) is 11.6 Å². The van der Waals surface area contributed by atoms with Gasteiger partial charge in [0.25, 0.3) is 0 Å². The molecule has 0 atom stereocenters. The van der Waals surface area contributed by atoms with E-state index in [0.29, 0.717) is 17.1 Å². The molecule has 21 heavy (non-hydrogen) atoms. The van der Waals surface area contributed by atoms with Crippen LogP contribution in [0.25, 0.3) is 0 Å². The van der Waals surface area contributed by atoms with Gasteiger partial charge in [0.05, 0.1) is 4.47 Å². The topological polar surface area (TPSA) is 21.3 Å². The van der Waals surface area contributed by atoms with Crippen LogP contribution in [0.3, 0.4) is 0 Å². The number of benzene rings is 2. The van der Waals surface area contributed by atoms with Crippen molar-refractivity contribution in [3.63, 3.8) is 0 Å². The molecule has 0 aromatic heterocycles. The Kier molecular flexibility index (Phi) is 4.22. The average Bonchev–Trinajstić information content (AvgIpc) is 3.27. The number of rotatable bonds is 5. The standard InChI is InChI=1S/C16H14BrF2NO/c17-13-7-4-11(18)8-15(13)21-16-10(2-1-3-14(16)19)9-20-12-5-6-12/h1-4,7-8,12,20H,5-6,9H2. The van der Waals surface area contributed by atoms with Crippen LogP contribution in [0.15, 0.2) is 40.9 Å². The lowest BCUT2D eigenvalue weighted by molar-refractivity contribution is 0.428. The fourth-order valence-electron chi connectivity index (χ4n) is 2.01. The molecule has 0 amide bonds. The molecular weight excluding hydrogens is 340 g/mol. The van der Waals surface area contributed by atoms with E-state index in [4.69, 9.17) is 4.74 Å². The smallest absolute Gasteiger partial charge is 0.167 e. The molecule has 0 spiro atoms. The van der Waals surface area contributed by atoms with Gasteiger partial charge in [-0.05, 0) is 47.0 Å². The third-order valence-corrected chi connectivity index (χ3v) is 3.97. The summed E-state index contributed by atoms with van der Waals surface area (Å²) in [7, 11) is 0. The summed E-state index contributed by atoms with van der Waals surface area (Å²) in [4.78, 5) is 0. The Bertz CT molecular complexity index is 659. The Balaban J connectivity index is 1.87. The first-order chi connectivity index (χ1) is 10.1. The third-order valence-electron chi connectivity index (χ3n) is 3.31. The van der Waals surface area contributed by atoms with E-state index >= 15 is 0 Å². The largest absolute Gasteiger partial charge is 0.453 e. The molecule has 0 unspecified atom stereocenters. The van der Waals surface area contributed by atoms with E-state index in [-0.39, 0.29) is 11.5 Å². The molecule has 0 saturated heterocycles. The Morgan fingerprint density at radius 2 is 2.00 bits per heavy atom. The van der Waals surface area contributed by atoms with Gasteiger partial charge in [0.2, 0.25) is 0 Å². The summed E-state index contributed by atoms with van der Waals surface area (Å²) in [5, 5.41) is 3.32. The van der Waals surface area contributed by atoms with Gasteiger partial charge in [0, 0.05) is 24.2 Å². The lowest BCUT2D eigenvalue weighted by Gasteiger charge is -2.13. The minimum Gasteiger partial charge on any atom is -0.453 e. The zero-order valence-corrected chi connectivity index (χ0v) is 12.8. The second-order valence-corrected chi connectivity index (χ2v) is 5.91. The van der Waals surface area contributed by atoms with Crippen LogP contribution in [0.2, 0.25) is 0 Å². The SMILES string of the molecule is Fc1ccc(Br)c(Oc2c(F)cccc2CNC2CC2)c1. The van der Waals surface area contributed by atoms with Gasteiger partial charge < -0.3 is 10.1 Å². The molecule has 1 aliphatic carbocycles. The zero-order chi connectivity index (χ0) is 14.8. The Morgan fingerprint density at radius 3 is 2.76 bits per heavy atom. The fraction of sp³-hybridized carbons (Fsp3) is 0.250. The second-order valence-electron chi connectivity index (χ2n) is 5.06. The van der Waals surface area contributed by atoms with Gasteiger partial charge in [-0.3, -0.25) is 0 Å². The number of nitrogens with one attached hydrogen (secondary N) is 1. The van der Waals surface area contributed by atoms with E-state index in [1.807, 2.05) is 0 Å². The quantitative estimate of drug-likeness (QED) is 0.835. The molecule has 1 aliphatic rings. The summed E-state index contributed by atoms with van der Waals surface area (Å²) in [6.45, 7) is 0.532. The van der Waals surface area contributed by atoms with Crippen molar-refractivity contribution in [3.05, 3.63) is 58.1 Å². The van der Waals surface area contributed by atoms with Gasteiger partial charge in [0.15, 0.2) is 11.6 Å². The molecule has 1 fully saturated rings. The molecule has 2 aromatic rings. The van der Waals surface area contributed by atoms with E-state index in [0.717, 1.165) is 18.4 Å². The van der Waals surface area contributed by atoms with E-state index in [1.54, 1.807) is 12.1 Å². The maximum absolute atomic E-state index is 14.0. The Labute approximate surface area is 130 Å². The first kappa shape index (κ1) is 14.5. The minimum absolute atomic E-state index is 0.136. The lowest BCUT2D eigenvalue weighted by Crippen LogP contribution is -2.16. The molecule has 110 valence electrons. The van der Waals surface area contributed by atoms with Crippen LogP contribution in [-0.2, 0) is 6.54 Å². The summed E-state index contributed by atoms with van der Waals surface area (Å²) in [6.07, 6.45) is 2.31. The summed E-state index contributed by atoms with van der Waals surface area (Å²) in [5.41, 5.74) is 0.720. The molecule has 0 bridgehead atoms. The van der Waals surface area contributed by atoms with Gasteiger partial charge >= 0.3 is 0 Å². The van der Waals surface area contributed by atoms with Gasteiger partial charge in [-0.25, -0.2) is 8.78 Å². The molecular formula is C16H14BrF2NO. The number of hydrogen-bond donors (Lipinski definition) is 1. The molecule has 2 aromatic carbocycles. The van der Waals surface area contributed by atoms with Crippen molar-refractivity contribution in [1.29, 1.82) is 0 Å². The highest BCUT2D eigenvalue weighted by Crippen LogP contribution is 2.34. The summed E-state index contributed by atoms with van der Waals surface area (Å²) < 4.78 is 33.5. The van der Waals surface area contributed by atoms with Crippen molar-refractivity contribution >= 4 is 15.9 Å². The summed E-state index contributed by atoms with van der Waals surface area (Å²) >= 11 is 3.28. The first-order valence-corrected chi connectivity index (χ1v) is 7.56. The van der Waals surface area contributed by atoms with Gasteiger partial charge in [0.1, 0.15) is 11.6 Å². The molecule has 1 N–H and O–H groups in total. The molecule has 0 radical (unpaired) electrons. The third kappa shape index (κ3) is 3.60. The second kappa shape index (κ2) is 6.12. The molecule has 5 heteroatoms. The van der Waals surface area contributed by atoms with E-state index in [1.165, 1.54) is 24.3 Å².